The highest BCUT2D eigenvalue weighted by atomic mass is 16.4. The van der Waals surface area contributed by atoms with Crippen LogP contribution in [0.4, 0.5) is 4.79 Å². The van der Waals surface area contributed by atoms with Crippen molar-refractivity contribution in [3.63, 3.8) is 0 Å². The Labute approximate surface area is 123 Å². The summed E-state index contributed by atoms with van der Waals surface area (Å²) in [5, 5.41) is 19.9. The monoisotopic (exact) mass is 295 g/mol. The van der Waals surface area contributed by atoms with Gasteiger partial charge in [-0.1, -0.05) is 0 Å². The highest BCUT2D eigenvalue weighted by molar-refractivity contribution is 5.86. The number of hydrogen-bond acceptors (Lipinski definition) is 4. The molecule has 1 unspecified atom stereocenters. The fourth-order valence-electron chi connectivity index (χ4n) is 2.60. The number of likely N-dealkylation sites (tertiary alicyclic amines) is 1. The number of aryl methyl sites for hydroxylation is 1. The van der Waals surface area contributed by atoms with E-state index >= 15 is 0 Å². The summed E-state index contributed by atoms with van der Waals surface area (Å²) in [6.45, 7) is 4.96. The first-order chi connectivity index (χ1) is 9.99. The van der Waals surface area contributed by atoms with Crippen LogP contribution in [-0.4, -0.2) is 48.9 Å². The normalized spacial score (nSPS) is 22.1. The largest absolute Gasteiger partial charge is 0.480 e. The molecule has 2 amide bonds. The van der Waals surface area contributed by atoms with E-state index in [4.69, 9.17) is 0 Å². The maximum Gasteiger partial charge on any atom is 0.329 e. The first-order valence-corrected chi connectivity index (χ1v) is 7.14. The van der Waals surface area contributed by atoms with Crippen LogP contribution in [0.25, 0.3) is 0 Å². The molecular formula is C13H21N5O3. The quantitative estimate of drug-likeness (QED) is 0.857. The molecule has 2 heterocycles. The van der Waals surface area contributed by atoms with Crippen molar-refractivity contribution in [3.05, 3.63) is 12.2 Å². The van der Waals surface area contributed by atoms with Crippen LogP contribution in [-0.2, 0) is 17.9 Å². The van der Waals surface area contributed by atoms with Gasteiger partial charge in [-0.25, -0.2) is 9.59 Å². The Kier molecular flexibility index (Phi) is 4.44. The fraction of sp³-hybridized carbons (Fsp3) is 0.692. The van der Waals surface area contributed by atoms with Crippen molar-refractivity contribution in [1.29, 1.82) is 0 Å². The smallest absolute Gasteiger partial charge is 0.329 e. The molecule has 0 aliphatic carbocycles. The third-order valence-corrected chi connectivity index (χ3v) is 4.03. The fourth-order valence-corrected chi connectivity index (χ4v) is 2.60. The summed E-state index contributed by atoms with van der Waals surface area (Å²) < 4.78 is 1.83. The summed E-state index contributed by atoms with van der Waals surface area (Å²) in [7, 11) is 0. The summed E-state index contributed by atoms with van der Waals surface area (Å²) >= 11 is 0. The first kappa shape index (κ1) is 15.3. The lowest BCUT2D eigenvalue weighted by molar-refractivity contribution is -0.150. The van der Waals surface area contributed by atoms with Crippen LogP contribution < -0.4 is 5.32 Å². The number of carbonyl (C=O) groups is 2. The van der Waals surface area contributed by atoms with Crippen molar-refractivity contribution in [2.24, 2.45) is 0 Å². The summed E-state index contributed by atoms with van der Waals surface area (Å²) in [4.78, 5) is 25.2. The molecule has 0 aromatic carbocycles. The lowest BCUT2D eigenvalue weighted by Gasteiger charge is -2.41. The third-order valence-electron chi connectivity index (χ3n) is 4.03. The number of aromatic nitrogens is 3. The molecule has 0 spiro atoms. The van der Waals surface area contributed by atoms with Crippen LogP contribution in [0.15, 0.2) is 6.33 Å². The number of hydrogen-bond donors (Lipinski definition) is 2. The molecule has 0 saturated carbocycles. The standard InChI is InChI=1S/C13H21N5O3/c1-3-17-9-15-16-10(17)8-14-12(21)18-7-5-4-6-13(18,2)11(19)20/h9H,3-8H2,1-2H3,(H,14,21)(H,19,20). The molecule has 8 nitrogen and oxygen atoms in total. The number of aliphatic carboxylic acids is 1. The van der Waals surface area contributed by atoms with Gasteiger partial charge in [-0.3, -0.25) is 0 Å². The molecule has 0 bridgehead atoms. The highest BCUT2D eigenvalue weighted by Gasteiger charge is 2.43. The van der Waals surface area contributed by atoms with Crippen molar-refractivity contribution in [1.82, 2.24) is 25.0 Å². The van der Waals surface area contributed by atoms with E-state index < -0.39 is 11.5 Å². The van der Waals surface area contributed by atoms with Crippen molar-refractivity contribution in [2.45, 2.75) is 51.7 Å². The Morgan fingerprint density at radius 1 is 1.48 bits per heavy atom. The van der Waals surface area contributed by atoms with Crippen LogP contribution >= 0.6 is 0 Å². The Hall–Kier alpha value is -2.12. The number of carboxylic acid groups (broad SMARTS) is 1. The third kappa shape index (κ3) is 2.98. The number of carboxylic acids is 1. The molecule has 1 fully saturated rings. The van der Waals surface area contributed by atoms with E-state index in [-0.39, 0.29) is 12.6 Å². The molecule has 1 aromatic rings. The van der Waals surface area contributed by atoms with Crippen molar-refractivity contribution in [2.75, 3.05) is 6.54 Å². The zero-order valence-electron chi connectivity index (χ0n) is 12.4. The summed E-state index contributed by atoms with van der Waals surface area (Å²) in [5.41, 5.74) is -1.14. The molecule has 0 radical (unpaired) electrons. The Bertz CT molecular complexity index is 530. The molecule has 1 atom stereocenters. The average molecular weight is 295 g/mol. The van der Waals surface area contributed by atoms with Gasteiger partial charge in [-0.15, -0.1) is 10.2 Å². The second kappa shape index (κ2) is 6.11. The van der Waals surface area contributed by atoms with E-state index in [0.717, 1.165) is 19.4 Å². The molecular weight excluding hydrogens is 274 g/mol. The van der Waals surface area contributed by atoms with Crippen LogP contribution in [0.1, 0.15) is 38.9 Å². The van der Waals surface area contributed by atoms with Crippen LogP contribution in [0, 0.1) is 0 Å². The predicted molar refractivity (Wildman–Crippen MR) is 74.5 cm³/mol. The van der Waals surface area contributed by atoms with Crippen LogP contribution in [0.2, 0.25) is 0 Å². The topological polar surface area (TPSA) is 100 Å². The predicted octanol–water partition coefficient (Wildman–Crippen LogP) is 0.837. The Morgan fingerprint density at radius 2 is 2.24 bits per heavy atom. The average Bonchev–Trinajstić information content (AvgIpc) is 2.92. The molecule has 2 rings (SSSR count). The van der Waals surface area contributed by atoms with Gasteiger partial charge in [0.2, 0.25) is 0 Å². The minimum absolute atomic E-state index is 0.235. The molecule has 116 valence electrons. The van der Waals surface area contributed by atoms with E-state index in [0.29, 0.717) is 18.8 Å². The number of nitrogens with one attached hydrogen (secondary N) is 1. The number of carbonyl (C=O) groups excluding carboxylic acids is 1. The summed E-state index contributed by atoms with van der Waals surface area (Å²) in [6.07, 6.45) is 3.71. The summed E-state index contributed by atoms with van der Waals surface area (Å²) in [5.74, 6) is -0.311. The van der Waals surface area contributed by atoms with Crippen molar-refractivity contribution in [3.8, 4) is 0 Å². The van der Waals surface area contributed by atoms with Crippen molar-refractivity contribution < 1.29 is 14.7 Å². The van der Waals surface area contributed by atoms with Gasteiger partial charge >= 0.3 is 12.0 Å². The van der Waals surface area contributed by atoms with E-state index in [9.17, 15) is 14.7 Å². The minimum Gasteiger partial charge on any atom is -0.480 e. The second-order valence-corrected chi connectivity index (χ2v) is 5.38. The summed E-state index contributed by atoms with van der Waals surface area (Å²) in [6, 6.07) is -0.370. The minimum atomic E-state index is -1.14. The van der Waals surface area contributed by atoms with E-state index in [1.165, 1.54) is 4.90 Å². The van der Waals surface area contributed by atoms with Gasteiger partial charge in [0.15, 0.2) is 5.82 Å². The van der Waals surface area contributed by atoms with Crippen LogP contribution in [0.3, 0.4) is 0 Å². The zero-order chi connectivity index (χ0) is 15.5. The van der Waals surface area contributed by atoms with Gasteiger partial charge in [-0.05, 0) is 33.1 Å². The number of piperidine rings is 1. The lowest BCUT2D eigenvalue weighted by atomic mass is 9.89. The van der Waals surface area contributed by atoms with Gasteiger partial charge in [0.1, 0.15) is 11.9 Å². The Balaban J connectivity index is 2.03. The van der Waals surface area contributed by atoms with Gasteiger partial charge < -0.3 is 19.9 Å². The second-order valence-electron chi connectivity index (χ2n) is 5.38. The van der Waals surface area contributed by atoms with Crippen LogP contribution in [0.5, 0.6) is 0 Å². The molecule has 1 saturated heterocycles. The van der Waals surface area contributed by atoms with E-state index in [1.807, 2.05) is 11.5 Å². The number of nitrogens with zero attached hydrogens (tertiary/aromatic N) is 4. The number of urea groups is 1. The zero-order valence-corrected chi connectivity index (χ0v) is 12.4. The molecule has 8 heteroatoms. The van der Waals surface area contributed by atoms with E-state index in [2.05, 4.69) is 15.5 Å². The molecule has 21 heavy (non-hydrogen) atoms. The van der Waals surface area contributed by atoms with Gasteiger partial charge in [-0.2, -0.15) is 0 Å². The number of amides is 2. The van der Waals surface area contributed by atoms with Gasteiger partial charge in [0.05, 0.1) is 6.54 Å². The molecule has 1 aliphatic heterocycles. The van der Waals surface area contributed by atoms with Crippen molar-refractivity contribution >= 4 is 12.0 Å². The first-order valence-electron chi connectivity index (χ1n) is 7.14. The molecule has 1 aromatic heterocycles. The molecule has 1 aliphatic rings. The lowest BCUT2D eigenvalue weighted by Crippen LogP contribution is -2.59. The SMILES string of the molecule is CCn1cnnc1CNC(=O)N1CCCCC1(C)C(=O)O. The maximum atomic E-state index is 12.3. The van der Waals surface area contributed by atoms with E-state index in [1.54, 1.807) is 13.3 Å². The molecule has 2 N–H and O–H groups in total. The number of rotatable bonds is 4. The van der Waals surface area contributed by atoms with Gasteiger partial charge in [0, 0.05) is 13.1 Å². The van der Waals surface area contributed by atoms with Gasteiger partial charge in [0.25, 0.3) is 0 Å². The Morgan fingerprint density at radius 3 is 2.90 bits per heavy atom. The maximum absolute atomic E-state index is 12.3. The highest BCUT2D eigenvalue weighted by Crippen LogP contribution is 2.28.